The third-order valence-electron chi connectivity index (χ3n) is 7.32. The summed E-state index contributed by atoms with van der Waals surface area (Å²) in [4.78, 5) is 19.4. The lowest BCUT2D eigenvalue weighted by Gasteiger charge is -2.28. The van der Waals surface area contributed by atoms with Gasteiger partial charge in [0, 0.05) is 36.2 Å². The number of aryl methyl sites for hydroxylation is 2. The molecular formula is C31H30F3N5OS. The van der Waals surface area contributed by atoms with E-state index < -0.39 is 17.8 Å². The van der Waals surface area contributed by atoms with Crippen LogP contribution in [0, 0.1) is 20.8 Å². The smallest absolute Gasteiger partial charge is 0.352 e. The molecule has 3 heterocycles. The first-order valence-electron chi connectivity index (χ1n) is 13.2. The number of benzene rings is 2. The van der Waals surface area contributed by atoms with Crippen LogP contribution >= 0.6 is 12.2 Å². The molecule has 1 amide bonds. The average molecular weight is 578 g/mol. The van der Waals surface area contributed by atoms with E-state index in [9.17, 15) is 18.0 Å². The molecule has 0 bridgehead atoms. The molecule has 1 saturated heterocycles. The molecule has 4 aromatic rings. The molecule has 1 aliphatic heterocycles. The molecule has 10 heteroatoms. The zero-order valence-corrected chi connectivity index (χ0v) is 23.7. The largest absolute Gasteiger partial charge is 0.418 e. The van der Waals surface area contributed by atoms with Crippen LogP contribution in [0.5, 0.6) is 0 Å². The van der Waals surface area contributed by atoms with Gasteiger partial charge in [0.1, 0.15) is 0 Å². The van der Waals surface area contributed by atoms with Crippen molar-refractivity contribution in [2.45, 2.75) is 45.5 Å². The van der Waals surface area contributed by atoms with Gasteiger partial charge in [0.2, 0.25) is 5.91 Å². The number of thiocarbonyl (C=S) groups is 1. The minimum atomic E-state index is -4.51. The number of amides is 1. The Bertz CT molecular complexity index is 1580. The van der Waals surface area contributed by atoms with Crippen molar-refractivity contribution < 1.29 is 18.0 Å². The number of nitrogens with one attached hydrogen (secondary N) is 2. The van der Waals surface area contributed by atoms with Gasteiger partial charge in [-0.05, 0) is 86.6 Å². The van der Waals surface area contributed by atoms with Crippen molar-refractivity contribution in [3.8, 4) is 5.69 Å². The number of hydrogen-bond donors (Lipinski definition) is 2. The number of nitrogens with zero attached hydrogens (tertiary/aromatic N) is 3. The van der Waals surface area contributed by atoms with Gasteiger partial charge in [-0.1, -0.05) is 30.3 Å². The highest BCUT2D eigenvalue weighted by Gasteiger charge is 2.42. The summed E-state index contributed by atoms with van der Waals surface area (Å²) in [7, 11) is 0. The highest BCUT2D eigenvalue weighted by molar-refractivity contribution is 7.80. The zero-order chi connectivity index (χ0) is 29.3. The predicted octanol–water partition coefficient (Wildman–Crippen LogP) is 6.82. The van der Waals surface area contributed by atoms with Crippen molar-refractivity contribution in [3.63, 3.8) is 0 Å². The van der Waals surface area contributed by atoms with Crippen LogP contribution in [0.2, 0.25) is 0 Å². The number of aromatic nitrogens is 2. The van der Waals surface area contributed by atoms with Gasteiger partial charge in [-0.25, -0.2) is 0 Å². The number of carbonyl (C=O) groups is 1. The molecule has 0 spiro atoms. The second kappa shape index (κ2) is 11.4. The van der Waals surface area contributed by atoms with Crippen LogP contribution in [-0.2, 0) is 11.0 Å². The number of hydrogen-bond acceptors (Lipinski definition) is 3. The number of halogens is 3. The molecule has 2 N–H and O–H groups in total. The molecule has 5 rings (SSSR count). The third kappa shape index (κ3) is 5.83. The minimum Gasteiger partial charge on any atom is -0.352 e. The van der Waals surface area contributed by atoms with Crippen molar-refractivity contribution in [2.24, 2.45) is 0 Å². The van der Waals surface area contributed by atoms with E-state index in [1.807, 2.05) is 67.3 Å². The fraction of sp³-hybridized carbons (Fsp3) is 0.258. The molecule has 1 fully saturated rings. The van der Waals surface area contributed by atoms with Crippen molar-refractivity contribution in [2.75, 3.05) is 11.9 Å². The van der Waals surface area contributed by atoms with Crippen LogP contribution in [0.4, 0.5) is 18.9 Å². The second-order valence-electron chi connectivity index (χ2n) is 10.2. The number of carbonyl (C=O) groups excluding carboxylic acids is 1. The Morgan fingerprint density at radius 3 is 2.49 bits per heavy atom. The van der Waals surface area contributed by atoms with Gasteiger partial charge in [0.25, 0.3) is 0 Å². The van der Waals surface area contributed by atoms with E-state index in [4.69, 9.17) is 12.2 Å². The SMILES string of the molecule is Cc1cccc(NC(=O)CCN2C(=S)N[C@H](c3ccccn3)[C@@H]2c2cc(C)n(-c3ccccc3C(F)(F)F)c2C)c1. The van der Waals surface area contributed by atoms with Gasteiger partial charge < -0.3 is 20.1 Å². The lowest BCUT2D eigenvalue weighted by Crippen LogP contribution is -2.33. The summed E-state index contributed by atoms with van der Waals surface area (Å²) < 4.78 is 43.5. The molecule has 2 aromatic carbocycles. The van der Waals surface area contributed by atoms with Crippen LogP contribution in [0.25, 0.3) is 5.69 Å². The Labute approximate surface area is 242 Å². The normalized spacial score (nSPS) is 17.0. The quantitative estimate of drug-likeness (QED) is 0.236. The standard InChI is InChI=1S/C31H30F3N5OS/c1-19-9-8-10-22(17-19)36-27(40)14-16-38-29(28(37-30(38)41)25-12-6-7-15-35-25)23-18-20(2)39(21(23)3)26-13-5-4-11-24(26)31(32,33)34/h4-13,15,17-18,28-29H,14,16H2,1-3H3,(H,36,40)(H,37,41)/t28-,29+/m1/s1. The summed E-state index contributed by atoms with van der Waals surface area (Å²) in [6.07, 6.45) is -2.65. The van der Waals surface area contributed by atoms with Gasteiger partial charge in [-0.3, -0.25) is 9.78 Å². The summed E-state index contributed by atoms with van der Waals surface area (Å²) in [5, 5.41) is 6.74. The van der Waals surface area contributed by atoms with Gasteiger partial charge in [0.05, 0.1) is 29.0 Å². The first-order chi connectivity index (χ1) is 19.5. The van der Waals surface area contributed by atoms with Gasteiger partial charge in [0.15, 0.2) is 5.11 Å². The molecule has 41 heavy (non-hydrogen) atoms. The molecule has 1 aliphatic rings. The fourth-order valence-corrected chi connectivity index (χ4v) is 5.85. The van der Waals surface area contributed by atoms with Gasteiger partial charge >= 0.3 is 6.18 Å². The Kier molecular flexibility index (Phi) is 7.86. The van der Waals surface area contributed by atoms with Crippen LogP contribution in [0.3, 0.4) is 0 Å². The fourth-order valence-electron chi connectivity index (χ4n) is 5.52. The molecule has 0 aliphatic carbocycles. The van der Waals surface area contributed by atoms with E-state index in [2.05, 4.69) is 15.6 Å². The second-order valence-corrected chi connectivity index (χ2v) is 10.6. The van der Waals surface area contributed by atoms with Gasteiger partial charge in [-0.2, -0.15) is 13.2 Å². The summed E-state index contributed by atoms with van der Waals surface area (Å²) in [5.74, 6) is -0.164. The predicted molar refractivity (Wildman–Crippen MR) is 157 cm³/mol. The number of alkyl halides is 3. The average Bonchev–Trinajstić information content (AvgIpc) is 3.41. The van der Waals surface area contributed by atoms with Crippen molar-refractivity contribution >= 4 is 28.9 Å². The Hall–Kier alpha value is -4.18. The minimum absolute atomic E-state index is 0.0632. The van der Waals surface area contributed by atoms with E-state index in [-0.39, 0.29) is 24.1 Å². The zero-order valence-electron chi connectivity index (χ0n) is 22.9. The van der Waals surface area contributed by atoms with Gasteiger partial charge in [-0.15, -0.1) is 0 Å². The molecule has 6 nitrogen and oxygen atoms in total. The van der Waals surface area contributed by atoms with Crippen molar-refractivity contribution in [3.05, 3.63) is 113 Å². The number of rotatable bonds is 7. The summed E-state index contributed by atoms with van der Waals surface area (Å²) in [6, 6.07) is 19.9. The van der Waals surface area contributed by atoms with Crippen LogP contribution in [0.15, 0.2) is 79.0 Å². The maximum Gasteiger partial charge on any atom is 0.418 e. The monoisotopic (exact) mass is 577 g/mol. The van der Waals surface area contributed by atoms with Crippen molar-refractivity contribution in [1.29, 1.82) is 0 Å². The first kappa shape index (κ1) is 28.4. The highest BCUT2D eigenvalue weighted by Crippen LogP contribution is 2.42. The van der Waals surface area contributed by atoms with Crippen molar-refractivity contribution in [1.82, 2.24) is 19.8 Å². The van der Waals surface area contributed by atoms with E-state index in [0.717, 1.165) is 22.9 Å². The summed E-state index contributed by atoms with van der Waals surface area (Å²) in [5.41, 5.74) is 3.97. The maximum atomic E-state index is 14.0. The molecule has 0 radical (unpaired) electrons. The van der Waals surface area contributed by atoms with Crippen LogP contribution in [-0.4, -0.2) is 32.0 Å². The summed E-state index contributed by atoms with van der Waals surface area (Å²) >= 11 is 5.74. The van der Waals surface area contributed by atoms with E-state index in [1.165, 1.54) is 12.1 Å². The maximum absolute atomic E-state index is 14.0. The third-order valence-corrected chi connectivity index (χ3v) is 7.67. The Morgan fingerprint density at radius 2 is 1.78 bits per heavy atom. The molecule has 212 valence electrons. The molecule has 0 saturated carbocycles. The Morgan fingerprint density at radius 1 is 1.02 bits per heavy atom. The number of para-hydroxylation sites is 1. The molecule has 0 unspecified atom stereocenters. The van der Waals surface area contributed by atoms with Crippen LogP contribution in [0.1, 0.15) is 52.3 Å². The van der Waals surface area contributed by atoms with E-state index in [0.29, 0.717) is 28.7 Å². The molecular weight excluding hydrogens is 547 g/mol. The molecule has 2 aromatic heterocycles. The first-order valence-corrected chi connectivity index (χ1v) is 13.7. The number of pyridine rings is 1. The van der Waals surface area contributed by atoms with E-state index in [1.54, 1.807) is 23.8 Å². The Balaban J connectivity index is 1.51. The topological polar surface area (TPSA) is 62.2 Å². The highest BCUT2D eigenvalue weighted by atomic mass is 32.1. The van der Waals surface area contributed by atoms with Crippen LogP contribution < -0.4 is 10.6 Å². The summed E-state index contributed by atoms with van der Waals surface area (Å²) in [6.45, 7) is 5.87. The lowest BCUT2D eigenvalue weighted by atomic mass is 9.96. The lowest BCUT2D eigenvalue weighted by molar-refractivity contribution is -0.137. The molecule has 2 atom stereocenters. The number of anilines is 1. The van der Waals surface area contributed by atoms with E-state index >= 15 is 0 Å².